The number of hydrogen-bond acceptors (Lipinski definition) is 16. The molecule has 2 unspecified atom stereocenters. The van der Waals surface area contributed by atoms with Crippen molar-refractivity contribution in [3.8, 4) is 16.9 Å². The Labute approximate surface area is 494 Å². The first-order valence-corrected chi connectivity index (χ1v) is 29.4. The number of halogens is 2. The minimum Gasteiger partial charge on any atom is -0.494 e. The van der Waals surface area contributed by atoms with Crippen molar-refractivity contribution in [3.63, 3.8) is 0 Å². The van der Waals surface area contributed by atoms with Gasteiger partial charge in [-0.05, 0) is 100 Å². The van der Waals surface area contributed by atoms with Crippen LogP contribution in [-0.4, -0.2) is 195 Å². The lowest BCUT2D eigenvalue weighted by atomic mass is 9.98. The summed E-state index contributed by atoms with van der Waals surface area (Å²) in [7, 11) is 1.88. The van der Waals surface area contributed by atoms with Crippen LogP contribution in [0.2, 0.25) is 10.0 Å². The summed E-state index contributed by atoms with van der Waals surface area (Å²) in [5.41, 5.74) is 7.43. The van der Waals surface area contributed by atoms with E-state index in [1.165, 1.54) is 0 Å². The zero-order chi connectivity index (χ0) is 59.2. The van der Waals surface area contributed by atoms with E-state index in [-0.39, 0.29) is 42.9 Å². The van der Waals surface area contributed by atoms with Crippen LogP contribution in [0.5, 0.6) is 5.75 Å². The van der Waals surface area contributed by atoms with Gasteiger partial charge in [0.1, 0.15) is 23.7 Å². The van der Waals surface area contributed by atoms with Gasteiger partial charge in [0, 0.05) is 92.3 Å². The number of carbonyl (C=O) groups excluding carboxylic acids is 4. The normalized spacial score (nSPS) is 16.3. The van der Waals surface area contributed by atoms with E-state index in [0.29, 0.717) is 145 Å². The van der Waals surface area contributed by atoms with Gasteiger partial charge in [-0.15, -0.1) is 0 Å². The Kier molecular flexibility index (Phi) is 22.9. The standard InChI is InChI=1S/C60H78Cl2N8O13/c1-7-23-77-25-26-78-27-28-79-29-30-80-31-32-81-33-34-82-37-49(63-47-12-8-10-45-52(47)59(74)70(58(45)73)48-15-16-50(71)64-57(48)72)68-20-17-67(18-21-68)19-22-69-55-44(13-14-46(61)53(55)51-40(4)65-66(6)41(51)5)43(56(69)60(75)76)11-9-24-83-42-35-38(2)54(62)39(3)36-42/h8,10,12-14,35-36,48-49,63H,7,9,11,15-34,37H2,1-6H3,(H,75,76)(H,64,71,72). The molecule has 5 heterocycles. The molecule has 0 bridgehead atoms. The second kappa shape index (κ2) is 30.2. The zero-order valence-corrected chi connectivity index (χ0v) is 50.0. The molecule has 0 saturated carbocycles. The highest BCUT2D eigenvalue weighted by molar-refractivity contribution is 6.35. The number of piperazine rings is 1. The topological polar surface area (TPSA) is 227 Å². The quantitative estimate of drug-likeness (QED) is 0.0277. The molecule has 2 atom stereocenters. The molecule has 0 aliphatic carbocycles. The van der Waals surface area contributed by atoms with E-state index in [1.807, 2.05) is 68.3 Å². The molecule has 5 aromatic rings. The first-order valence-electron chi connectivity index (χ1n) is 28.6. The molecule has 3 aliphatic heterocycles. The van der Waals surface area contributed by atoms with E-state index >= 15 is 0 Å². The van der Waals surface area contributed by atoms with Crippen molar-refractivity contribution in [2.75, 3.05) is 124 Å². The Bertz CT molecular complexity index is 3080. The number of carboxylic acid groups (broad SMARTS) is 1. The first-order chi connectivity index (χ1) is 40.1. The predicted octanol–water partition coefficient (Wildman–Crippen LogP) is 7.26. The van der Waals surface area contributed by atoms with Gasteiger partial charge in [-0.2, -0.15) is 5.10 Å². The van der Waals surface area contributed by atoms with Crippen LogP contribution < -0.4 is 15.4 Å². The summed E-state index contributed by atoms with van der Waals surface area (Å²) in [5.74, 6) is -2.71. The minimum atomic E-state index is -1.12. The third kappa shape index (κ3) is 15.5. The number of nitrogens with one attached hydrogen (secondary N) is 2. The van der Waals surface area contributed by atoms with Gasteiger partial charge in [0.05, 0.1) is 107 Å². The molecule has 3 N–H and O–H groups in total. The van der Waals surface area contributed by atoms with Gasteiger partial charge in [-0.3, -0.25) is 43.9 Å². The molecular weight excluding hydrogens is 1110 g/mol. The number of aromatic carboxylic acids is 1. The number of amides is 4. The molecule has 8 rings (SSSR count). The highest BCUT2D eigenvalue weighted by Gasteiger charge is 2.46. The summed E-state index contributed by atoms with van der Waals surface area (Å²) in [6, 6.07) is 11.4. The summed E-state index contributed by atoms with van der Waals surface area (Å²) < 4.78 is 44.1. The lowest BCUT2D eigenvalue weighted by Crippen LogP contribution is -2.55. The number of carboxylic acids is 1. The highest BCUT2D eigenvalue weighted by Crippen LogP contribution is 2.42. The number of ether oxygens (including phenoxy) is 7. The van der Waals surface area contributed by atoms with Gasteiger partial charge in [0.15, 0.2) is 0 Å². The number of imide groups is 2. The molecule has 3 aromatic carbocycles. The van der Waals surface area contributed by atoms with E-state index in [2.05, 4.69) is 27.4 Å². The van der Waals surface area contributed by atoms with Crippen molar-refractivity contribution in [1.82, 2.24) is 34.4 Å². The van der Waals surface area contributed by atoms with Gasteiger partial charge in [-0.25, -0.2) is 4.79 Å². The molecule has 450 valence electrons. The highest BCUT2D eigenvalue weighted by atomic mass is 35.5. The van der Waals surface area contributed by atoms with Crippen molar-refractivity contribution in [2.45, 2.75) is 85.5 Å². The molecule has 2 aromatic heterocycles. The van der Waals surface area contributed by atoms with E-state index in [9.17, 15) is 29.1 Å². The van der Waals surface area contributed by atoms with E-state index in [4.69, 9.17) is 61.5 Å². The monoisotopic (exact) mass is 1190 g/mol. The number of aryl methyl sites for hydroxylation is 5. The Morgan fingerprint density at radius 1 is 0.771 bits per heavy atom. The van der Waals surface area contributed by atoms with Crippen molar-refractivity contribution in [3.05, 3.63) is 97.4 Å². The van der Waals surface area contributed by atoms with Crippen LogP contribution in [0, 0.1) is 27.7 Å². The lowest BCUT2D eigenvalue weighted by Gasteiger charge is -2.40. The predicted molar refractivity (Wildman–Crippen MR) is 314 cm³/mol. The van der Waals surface area contributed by atoms with Crippen LogP contribution in [0.4, 0.5) is 5.69 Å². The van der Waals surface area contributed by atoms with Gasteiger partial charge in [0.25, 0.3) is 11.8 Å². The molecule has 2 saturated heterocycles. The van der Waals surface area contributed by atoms with Crippen LogP contribution in [0.15, 0.2) is 42.5 Å². The van der Waals surface area contributed by atoms with Crippen molar-refractivity contribution >= 4 is 69.4 Å². The number of carbonyl (C=O) groups is 5. The number of rotatable bonds is 33. The number of aromatic nitrogens is 3. The maximum absolute atomic E-state index is 14.2. The zero-order valence-electron chi connectivity index (χ0n) is 48.5. The van der Waals surface area contributed by atoms with Crippen LogP contribution in [0.3, 0.4) is 0 Å². The van der Waals surface area contributed by atoms with E-state index in [0.717, 1.165) is 62.5 Å². The minimum absolute atomic E-state index is 0.00443. The molecule has 23 heteroatoms. The molecule has 3 aliphatic rings. The maximum atomic E-state index is 14.2. The third-order valence-electron chi connectivity index (χ3n) is 15.3. The number of nitrogens with zero attached hydrogens (tertiary/aromatic N) is 6. The molecule has 83 heavy (non-hydrogen) atoms. The molecule has 2 fully saturated rings. The van der Waals surface area contributed by atoms with Crippen LogP contribution >= 0.6 is 23.2 Å². The average molecular weight is 1190 g/mol. The van der Waals surface area contributed by atoms with Gasteiger partial charge in [0.2, 0.25) is 11.8 Å². The third-order valence-corrected chi connectivity index (χ3v) is 16.2. The summed E-state index contributed by atoms with van der Waals surface area (Å²) in [5, 5.41) is 23.6. The van der Waals surface area contributed by atoms with Crippen molar-refractivity contribution in [2.24, 2.45) is 7.05 Å². The van der Waals surface area contributed by atoms with Crippen molar-refractivity contribution < 1.29 is 62.2 Å². The Hall–Kier alpha value is -5.98. The first kappa shape index (κ1) is 63.1. The number of piperidine rings is 1. The summed E-state index contributed by atoms with van der Waals surface area (Å²) >= 11 is 13.6. The SMILES string of the molecule is CCCOCCOCCOCCOCCOCCOCC(Nc1cccc2c1C(=O)N(C1CCC(=O)NC1=O)C2=O)N1CCN(CCn2c(C(=O)O)c(CCCOc3cc(C)c(Cl)c(C)c3)c3ccc(Cl)c(-c4c(C)nn(C)c4C)c32)CC1. The fourth-order valence-corrected chi connectivity index (χ4v) is 11.4. The number of anilines is 1. The van der Waals surface area contributed by atoms with E-state index in [1.54, 1.807) is 18.2 Å². The second-order valence-electron chi connectivity index (χ2n) is 20.9. The Morgan fingerprint density at radius 2 is 1.40 bits per heavy atom. The average Bonchev–Trinajstić information content (AvgIpc) is 2.23. The number of fused-ring (bicyclic) bond motifs is 2. The summed E-state index contributed by atoms with van der Waals surface area (Å²) in [6.45, 7) is 18.5. The smallest absolute Gasteiger partial charge is 0.352 e. The number of hydrogen-bond donors (Lipinski definition) is 3. The summed E-state index contributed by atoms with van der Waals surface area (Å²) in [6.07, 6.45) is 1.51. The van der Waals surface area contributed by atoms with Gasteiger partial charge >= 0.3 is 5.97 Å². The van der Waals surface area contributed by atoms with Gasteiger partial charge in [-0.1, -0.05) is 42.3 Å². The largest absolute Gasteiger partial charge is 0.494 e. The van der Waals surface area contributed by atoms with Crippen LogP contribution in [0.25, 0.3) is 22.0 Å². The van der Waals surface area contributed by atoms with Gasteiger partial charge < -0.3 is 48.1 Å². The molecule has 21 nitrogen and oxygen atoms in total. The van der Waals surface area contributed by atoms with Crippen molar-refractivity contribution in [1.29, 1.82) is 0 Å². The fourth-order valence-electron chi connectivity index (χ4n) is 11.0. The van der Waals surface area contributed by atoms with E-state index < -0.39 is 41.8 Å². The fraction of sp³-hybridized carbons (Fsp3) is 0.533. The Morgan fingerprint density at radius 3 is 1.99 bits per heavy atom. The maximum Gasteiger partial charge on any atom is 0.352 e. The van der Waals surface area contributed by atoms with Crippen LogP contribution in [-0.2, 0) is 58.0 Å². The van der Waals surface area contributed by atoms with Crippen LogP contribution in [0.1, 0.15) is 91.9 Å². The lowest BCUT2D eigenvalue weighted by molar-refractivity contribution is -0.136. The molecule has 4 amide bonds. The molecular formula is C60H78Cl2N8O13. The number of benzene rings is 3. The summed E-state index contributed by atoms with van der Waals surface area (Å²) in [4.78, 5) is 72.0. The second-order valence-corrected chi connectivity index (χ2v) is 21.7. The molecule has 0 radical (unpaired) electrons. The Balaban J connectivity index is 0.940. The molecule has 0 spiro atoms.